The first-order valence-corrected chi connectivity index (χ1v) is 13.9. The van der Waals surface area contributed by atoms with Crippen molar-refractivity contribution in [1.82, 2.24) is 4.98 Å². The molecule has 0 atom stereocenters. The van der Waals surface area contributed by atoms with Gasteiger partial charge in [-0.25, -0.2) is 0 Å². The number of fused-ring (bicyclic) bond motifs is 5. The molecule has 4 aromatic carbocycles. The smallest absolute Gasteiger partial charge is 0.325 e. The third-order valence-corrected chi connectivity index (χ3v) is 7.57. The number of aliphatic hydroxyl groups is 1. The molecular weight excluding hydrogens is 683 g/mol. The van der Waals surface area contributed by atoms with E-state index in [1.54, 1.807) is 0 Å². The van der Waals surface area contributed by atoms with E-state index >= 15 is 0 Å². The van der Waals surface area contributed by atoms with E-state index in [0.717, 1.165) is 11.3 Å². The summed E-state index contributed by atoms with van der Waals surface area (Å²) in [6.07, 6.45) is 3.37. The van der Waals surface area contributed by atoms with Crippen LogP contribution in [0.2, 0.25) is 0 Å². The number of aromatic nitrogens is 1. The molecule has 0 saturated carbocycles. The summed E-state index contributed by atoms with van der Waals surface area (Å²) in [7, 11) is 0. The van der Waals surface area contributed by atoms with Crippen LogP contribution in [-0.2, 0) is 20.1 Å². The zero-order valence-corrected chi connectivity index (χ0v) is 28.0. The molecule has 0 aliphatic carbocycles. The molecule has 1 aromatic heterocycles. The number of rotatable bonds is 2. The molecular formula is C37H41IrNO2. The fraction of sp³-hybridized carbons (Fsp3) is 0.297. The molecule has 3 nitrogen and oxygen atoms in total. The Morgan fingerprint density at radius 1 is 0.780 bits per heavy atom. The Balaban J connectivity index is 0.000000284. The van der Waals surface area contributed by atoms with Crippen LogP contribution >= 0.6 is 0 Å². The monoisotopic (exact) mass is 724 g/mol. The number of ketones is 1. The summed E-state index contributed by atoms with van der Waals surface area (Å²) in [5.41, 5.74) is 5.24. The number of hydrogen-bond acceptors (Lipinski definition) is 2. The summed E-state index contributed by atoms with van der Waals surface area (Å²) in [5.74, 6) is 0.417. The van der Waals surface area contributed by atoms with Crippen molar-refractivity contribution in [2.24, 2.45) is 10.8 Å². The van der Waals surface area contributed by atoms with Crippen molar-refractivity contribution in [3.05, 3.63) is 101 Å². The first-order chi connectivity index (χ1) is 18.7. The van der Waals surface area contributed by atoms with Crippen LogP contribution < -0.4 is 0 Å². The Morgan fingerprint density at radius 2 is 1.37 bits per heavy atom. The molecule has 0 aliphatic rings. The zero-order valence-electron chi connectivity index (χ0n) is 25.6. The van der Waals surface area contributed by atoms with Gasteiger partial charge in [0.15, 0.2) is 0 Å². The molecule has 1 radical (unpaired) electrons. The second-order valence-corrected chi connectivity index (χ2v) is 12.7. The molecule has 0 spiro atoms. The average Bonchev–Trinajstić information content (AvgIpc) is 2.90. The number of pyridine rings is 1. The van der Waals surface area contributed by atoms with Gasteiger partial charge in [0, 0.05) is 31.7 Å². The van der Waals surface area contributed by atoms with Crippen LogP contribution in [0.4, 0.5) is 0 Å². The number of hydrogen-bond donors (Lipinski definition) is 1. The van der Waals surface area contributed by atoms with Gasteiger partial charge in [-0.15, -0.1) is 34.4 Å². The van der Waals surface area contributed by atoms with Gasteiger partial charge in [0.1, 0.15) is 5.76 Å². The van der Waals surface area contributed by atoms with Crippen molar-refractivity contribution in [1.29, 1.82) is 0 Å². The van der Waals surface area contributed by atoms with E-state index in [4.69, 9.17) is 4.98 Å². The third kappa shape index (κ3) is 6.94. The Morgan fingerprint density at radius 3 is 2.00 bits per heavy atom. The van der Waals surface area contributed by atoms with E-state index in [1.165, 1.54) is 55.1 Å². The van der Waals surface area contributed by atoms with Crippen molar-refractivity contribution in [2.75, 3.05) is 0 Å². The van der Waals surface area contributed by atoms with Crippen molar-refractivity contribution in [2.45, 2.75) is 62.3 Å². The van der Waals surface area contributed by atoms with Gasteiger partial charge in [-0.1, -0.05) is 90.1 Å². The second kappa shape index (κ2) is 12.3. The molecule has 2 N–H and O–H groups in total. The van der Waals surface area contributed by atoms with Crippen LogP contribution in [0, 0.1) is 37.7 Å². The molecule has 0 bridgehead atoms. The predicted octanol–water partition coefficient (Wildman–Crippen LogP) is 10.00. The zero-order chi connectivity index (χ0) is 29.4. The van der Waals surface area contributed by atoms with E-state index in [-0.39, 0.29) is 42.5 Å². The number of carbonyl (C=O) groups excluding carboxylic acids is 1. The van der Waals surface area contributed by atoms with E-state index in [0.29, 0.717) is 0 Å². The molecule has 41 heavy (non-hydrogen) atoms. The molecule has 0 saturated heterocycles. The number of aryl methyl sites for hydroxylation is 2. The van der Waals surface area contributed by atoms with E-state index in [9.17, 15) is 9.90 Å². The van der Waals surface area contributed by atoms with Gasteiger partial charge in [0.25, 0.3) is 0 Å². The summed E-state index contributed by atoms with van der Waals surface area (Å²) in [5, 5.41) is 17.2. The minimum atomic E-state index is -0.306. The predicted molar refractivity (Wildman–Crippen MR) is 172 cm³/mol. The molecule has 0 aliphatic heterocycles. The molecule has 1 heterocycles. The number of benzene rings is 4. The van der Waals surface area contributed by atoms with Gasteiger partial charge in [0.05, 0.1) is 11.5 Å². The van der Waals surface area contributed by atoms with Crippen molar-refractivity contribution in [3.8, 4) is 11.3 Å². The summed E-state index contributed by atoms with van der Waals surface area (Å²) in [6.45, 7) is 17.8. The number of nitrogens with zero attached hydrogens (tertiary/aromatic N) is 1. The largest absolute Gasteiger partial charge is 0.511 e. The fourth-order valence-electron chi connectivity index (χ4n) is 4.61. The summed E-state index contributed by atoms with van der Waals surface area (Å²) < 4.78 is 0. The van der Waals surface area contributed by atoms with Gasteiger partial charge >= 0.3 is 5.78 Å². The maximum absolute atomic E-state index is 9.60. The molecule has 0 fully saturated rings. The normalized spacial score (nSPS) is 12.2. The first kappa shape index (κ1) is 32.2. The standard InChI is InChI=1S/C26H20N.C11H20O2.Ir/c1-16-14-20(15-17(2)18(16)3)26-25-11-10-22-21-7-5-4-6-19(21)8-9-23(22)24(25)12-13-27-26;1-10(2,3)8(12)7-9(13)11(4,5)6;/h4-14H,1-3H3;7,12H,1-6H3;/q-1;;/p+1/b;8-7-;. The van der Waals surface area contributed by atoms with E-state index < -0.39 is 0 Å². The minimum absolute atomic E-state index is 0. The summed E-state index contributed by atoms with van der Waals surface area (Å²) in [4.78, 5) is 14.3. The van der Waals surface area contributed by atoms with Crippen LogP contribution in [0.15, 0.2) is 78.7 Å². The van der Waals surface area contributed by atoms with Gasteiger partial charge in [-0.05, 0) is 64.8 Å². The molecule has 4 heteroatoms. The quantitative estimate of drug-likeness (QED) is 0.0648. The molecule has 5 aromatic rings. The van der Waals surface area contributed by atoms with E-state index in [1.807, 2.05) is 47.7 Å². The van der Waals surface area contributed by atoms with Crippen LogP contribution in [0.25, 0.3) is 43.6 Å². The Kier molecular flexibility index (Phi) is 9.63. The Labute approximate surface area is 258 Å². The van der Waals surface area contributed by atoms with Crippen molar-refractivity contribution in [3.63, 3.8) is 0 Å². The van der Waals surface area contributed by atoms with Crippen LogP contribution in [-0.4, -0.2) is 20.7 Å². The molecule has 0 amide bonds. The average molecular weight is 724 g/mol. The van der Waals surface area contributed by atoms with Crippen LogP contribution in [0.1, 0.15) is 58.2 Å². The van der Waals surface area contributed by atoms with Crippen molar-refractivity contribution < 1.29 is 30.0 Å². The summed E-state index contributed by atoms with van der Waals surface area (Å²) in [6, 6.07) is 25.3. The third-order valence-electron chi connectivity index (χ3n) is 7.57. The SMILES string of the molecule is CC(C)(C)C(=[OH+])/C=C(\O)C(C)(C)C.Cc1[c-]c(-c2nccc3c2ccc2c4ccccc4ccc32)cc(C)c1C.[Ir]. The number of allylic oxidation sites excluding steroid dienone is 2. The van der Waals surface area contributed by atoms with E-state index in [2.05, 4.69) is 87.5 Å². The maximum atomic E-state index is 9.60. The second-order valence-electron chi connectivity index (χ2n) is 12.7. The van der Waals surface area contributed by atoms with Gasteiger partial charge in [-0.2, -0.15) is 0 Å². The van der Waals surface area contributed by atoms with Crippen molar-refractivity contribution >= 4 is 38.1 Å². The summed E-state index contributed by atoms with van der Waals surface area (Å²) >= 11 is 0. The van der Waals surface area contributed by atoms with Gasteiger partial charge in [0.2, 0.25) is 0 Å². The minimum Gasteiger partial charge on any atom is -0.511 e. The first-order valence-electron chi connectivity index (χ1n) is 13.9. The van der Waals surface area contributed by atoms with Crippen LogP contribution in [0.3, 0.4) is 0 Å². The van der Waals surface area contributed by atoms with Crippen LogP contribution in [0.5, 0.6) is 0 Å². The topological polar surface area (TPSA) is 54.5 Å². The molecule has 0 unspecified atom stereocenters. The Bertz CT molecular complexity index is 1750. The molecule has 215 valence electrons. The fourth-order valence-corrected chi connectivity index (χ4v) is 4.61. The van der Waals surface area contributed by atoms with Gasteiger partial charge in [-0.3, -0.25) is 4.79 Å². The number of aliphatic hydroxyl groups excluding tert-OH is 1. The maximum Gasteiger partial charge on any atom is 0.325 e. The molecule has 5 rings (SSSR count). The van der Waals surface area contributed by atoms with Gasteiger partial charge < -0.3 is 10.1 Å². The Hall–Kier alpha value is -3.33.